The minimum atomic E-state index is -1.20. The number of hydrogen-bond donors (Lipinski definition) is 3. The maximum absolute atomic E-state index is 12.7. The Bertz CT molecular complexity index is 675. The van der Waals surface area contributed by atoms with E-state index < -0.39 is 41.9 Å². The van der Waals surface area contributed by atoms with Gasteiger partial charge in [0.25, 0.3) is 11.8 Å². The normalized spacial score (nSPS) is 14.0. The molecule has 0 saturated heterocycles. The molecular formula is C19H27N3O5. The first-order chi connectivity index (χ1) is 12.7. The highest BCUT2D eigenvalue weighted by molar-refractivity contribution is 5.98. The van der Waals surface area contributed by atoms with E-state index in [0.29, 0.717) is 12.0 Å². The van der Waals surface area contributed by atoms with Crippen LogP contribution in [0.5, 0.6) is 0 Å². The molecule has 0 aromatic heterocycles. The van der Waals surface area contributed by atoms with Gasteiger partial charge in [0.2, 0.25) is 0 Å². The molecule has 0 saturated carbocycles. The maximum atomic E-state index is 12.7. The van der Waals surface area contributed by atoms with Gasteiger partial charge in [-0.15, -0.1) is 0 Å². The summed E-state index contributed by atoms with van der Waals surface area (Å²) in [4.78, 5) is 48.1. The van der Waals surface area contributed by atoms with Gasteiger partial charge in [0, 0.05) is 5.56 Å². The van der Waals surface area contributed by atoms with Crippen molar-refractivity contribution in [3.63, 3.8) is 0 Å². The summed E-state index contributed by atoms with van der Waals surface area (Å²) in [5.41, 5.74) is 5.36. The molecule has 0 aliphatic rings. The fourth-order valence-corrected chi connectivity index (χ4v) is 2.37. The van der Waals surface area contributed by atoms with Crippen LogP contribution in [-0.4, -0.2) is 36.0 Å². The Balaban J connectivity index is 2.94. The molecule has 0 radical (unpaired) electrons. The molecule has 0 unspecified atom stereocenters. The first-order valence-electron chi connectivity index (χ1n) is 8.84. The molecule has 0 bridgehead atoms. The molecule has 4 N–H and O–H groups in total. The van der Waals surface area contributed by atoms with Gasteiger partial charge < -0.3 is 15.8 Å². The molecule has 8 heteroatoms. The van der Waals surface area contributed by atoms with Gasteiger partial charge in [0.15, 0.2) is 6.10 Å². The number of carbonyl (C=O) groups excluding carboxylic acids is 4. The van der Waals surface area contributed by atoms with Gasteiger partial charge in [-0.05, 0) is 24.0 Å². The van der Waals surface area contributed by atoms with E-state index in [2.05, 4.69) is 5.32 Å². The topological polar surface area (TPSA) is 128 Å². The van der Waals surface area contributed by atoms with Crippen molar-refractivity contribution >= 4 is 23.8 Å². The number of imide groups is 1. The molecule has 8 nitrogen and oxygen atoms in total. The molecule has 1 rings (SSSR count). The van der Waals surface area contributed by atoms with Crippen molar-refractivity contribution in [2.24, 2.45) is 17.6 Å². The summed E-state index contributed by atoms with van der Waals surface area (Å²) in [6.07, 6.45) is -0.598. The van der Waals surface area contributed by atoms with Crippen LogP contribution in [0.3, 0.4) is 0 Å². The summed E-state index contributed by atoms with van der Waals surface area (Å²) in [7, 11) is 0. The lowest BCUT2D eigenvalue weighted by Gasteiger charge is -2.26. The van der Waals surface area contributed by atoms with E-state index in [-0.39, 0.29) is 5.92 Å². The van der Waals surface area contributed by atoms with Gasteiger partial charge in [-0.25, -0.2) is 9.59 Å². The van der Waals surface area contributed by atoms with Crippen LogP contribution in [0, 0.1) is 11.8 Å². The number of amides is 4. The zero-order valence-electron chi connectivity index (χ0n) is 16.0. The van der Waals surface area contributed by atoms with Gasteiger partial charge in [-0.3, -0.25) is 14.9 Å². The Kier molecular flexibility index (Phi) is 8.44. The van der Waals surface area contributed by atoms with Gasteiger partial charge in [-0.1, -0.05) is 52.3 Å². The summed E-state index contributed by atoms with van der Waals surface area (Å²) in [5, 5.41) is 4.58. The molecule has 0 heterocycles. The summed E-state index contributed by atoms with van der Waals surface area (Å²) in [6, 6.07) is 6.50. The fourth-order valence-electron chi connectivity index (χ4n) is 2.37. The molecular weight excluding hydrogens is 350 g/mol. The van der Waals surface area contributed by atoms with Crippen LogP contribution in [-0.2, 0) is 14.3 Å². The van der Waals surface area contributed by atoms with Crippen LogP contribution < -0.4 is 16.4 Å². The Labute approximate surface area is 158 Å². The Morgan fingerprint density at radius 1 is 1.07 bits per heavy atom. The second kappa shape index (κ2) is 10.3. The quantitative estimate of drug-likeness (QED) is 0.593. The highest BCUT2D eigenvalue weighted by Crippen LogP contribution is 2.15. The van der Waals surface area contributed by atoms with Crippen molar-refractivity contribution in [2.75, 3.05) is 0 Å². The van der Waals surface area contributed by atoms with E-state index >= 15 is 0 Å². The summed E-state index contributed by atoms with van der Waals surface area (Å²) in [5.74, 6) is -2.58. The zero-order valence-corrected chi connectivity index (χ0v) is 16.0. The molecule has 148 valence electrons. The van der Waals surface area contributed by atoms with E-state index in [1.54, 1.807) is 51.1 Å². The molecule has 1 aromatic carbocycles. The first-order valence-corrected chi connectivity index (χ1v) is 8.84. The van der Waals surface area contributed by atoms with Crippen molar-refractivity contribution in [3.05, 3.63) is 35.9 Å². The monoisotopic (exact) mass is 377 g/mol. The minimum Gasteiger partial charge on any atom is -0.450 e. The molecule has 0 spiro atoms. The Hall–Kier alpha value is -2.90. The number of carbonyl (C=O) groups is 4. The Morgan fingerprint density at radius 3 is 2.15 bits per heavy atom. The van der Waals surface area contributed by atoms with E-state index in [0.717, 1.165) is 0 Å². The van der Waals surface area contributed by atoms with E-state index in [9.17, 15) is 19.2 Å². The zero-order chi connectivity index (χ0) is 20.6. The van der Waals surface area contributed by atoms with Crippen LogP contribution in [0.2, 0.25) is 0 Å². The molecule has 3 atom stereocenters. The van der Waals surface area contributed by atoms with Crippen LogP contribution in [0.15, 0.2) is 30.3 Å². The number of benzene rings is 1. The summed E-state index contributed by atoms with van der Waals surface area (Å²) >= 11 is 0. The van der Waals surface area contributed by atoms with Crippen LogP contribution in [0.25, 0.3) is 0 Å². The van der Waals surface area contributed by atoms with Gasteiger partial charge in [-0.2, -0.15) is 0 Å². The first kappa shape index (κ1) is 22.1. The van der Waals surface area contributed by atoms with Crippen LogP contribution in [0.1, 0.15) is 44.5 Å². The number of primary amides is 1. The number of rotatable bonds is 8. The standard InChI is InChI=1S/C19H27N3O5/c1-5-12(4)14(21-16(23)13-9-7-6-8-10-13)18(25)27-15(11(2)3)17(24)22-19(20)26/h6-12,14-15H,5H2,1-4H3,(H,21,23)(H3,20,22,24,26)/t12-,14-,15+/m0/s1. The number of nitrogens with two attached hydrogens (primary N) is 1. The highest BCUT2D eigenvalue weighted by atomic mass is 16.6. The van der Waals surface area contributed by atoms with Crippen LogP contribution >= 0.6 is 0 Å². The smallest absolute Gasteiger partial charge is 0.329 e. The largest absolute Gasteiger partial charge is 0.450 e. The highest BCUT2D eigenvalue weighted by Gasteiger charge is 2.33. The number of urea groups is 1. The van der Waals surface area contributed by atoms with Crippen molar-refractivity contribution in [2.45, 2.75) is 46.3 Å². The van der Waals surface area contributed by atoms with E-state index in [1.165, 1.54) is 0 Å². The fraction of sp³-hybridized carbons (Fsp3) is 0.474. The van der Waals surface area contributed by atoms with Crippen molar-refractivity contribution in [3.8, 4) is 0 Å². The lowest BCUT2D eigenvalue weighted by atomic mass is 9.98. The predicted molar refractivity (Wildman–Crippen MR) is 99.6 cm³/mol. The predicted octanol–water partition coefficient (Wildman–Crippen LogP) is 1.59. The number of esters is 1. The minimum absolute atomic E-state index is 0.225. The molecule has 0 aliphatic carbocycles. The van der Waals surface area contributed by atoms with Gasteiger partial charge in [0.05, 0.1) is 0 Å². The van der Waals surface area contributed by atoms with E-state index in [4.69, 9.17) is 10.5 Å². The maximum Gasteiger partial charge on any atom is 0.329 e. The SMILES string of the molecule is CC[C@H](C)[C@H](NC(=O)c1ccccc1)C(=O)O[C@@H](C(=O)NC(N)=O)C(C)C. The van der Waals surface area contributed by atoms with Crippen LogP contribution in [0.4, 0.5) is 4.79 Å². The lowest BCUT2D eigenvalue weighted by molar-refractivity contribution is -0.161. The summed E-state index contributed by atoms with van der Waals surface area (Å²) in [6.45, 7) is 7.00. The third-order valence-corrected chi connectivity index (χ3v) is 4.14. The average Bonchev–Trinajstić information content (AvgIpc) is 2.62. The van der Waals surface area contributed by atoms with Gasteiger partial charge >= 0.3 is 12.0 Å². The number of nitrogens with one attached hydrogen (secondary N) is 2. The number of ether oxygens (including phenoxy) is 1. The van der Waals surface area contributed by atoms with Crippen molar-refractivity contribution in [1.82, 2.24) is 10.6 Å². The third kappa shape index (κ3) is 6.73. The molecule has 0 fully saturated rings. The molecule has 1 aromatic rings. The molecule has 0 aliphatic heterocycles. The Morgan fingerprint density at radius 2 is 1.67 bits per heavy atom. The van der Waals surface area contributed by atoms with E-state index in [1.807, 2.05) is 12.2 Å². The van der Waals surface area contributed by atoms with Crippen molar-refractivity contribution < 1.29 is 23.9 Å². The van der Waals surface area contributed by atoms with Gasteiger partial charge in [0.1, 0.15) is 6.04 Å². The molecule has 27 heavy (non-hydrogen) atoms. The second-order valence-corrected chi connectivity index (χ2v) is 6.66. The molecule has 4 amide bonds. The average molecular weight is 377 g/mol. The summed E-state index contributed by atoms with van der Waals surface area (Å²) < 4.78 is 5.32. The second-order valence-electron chi connectivity index (χ2n) is 6.66. The lowest BCUT2D eigenvalue weighted by Crippen LogP contribution is -2.51. The van der Waals surface area contributed by atoms with Crippen molar-refractivity contribution in [1.29, 1.82) is 0 Å². The number of hydrogen-bond acceptors (Lipinski definition) is 5. The third-order valence-electron chi connectivity index (χ3n) is 4.14.